The topological polar surface area (TPSA) is 55.3 Å². The molecule has 0 fully saturated rings. The third kappa shape index (κ3) is 4.89. The van der Waals surface area contributed by atoms with Crippen LogP contribution in [0.15, 0.2) is 65.7 Å². The van der Waals surface area contributed by atoms with Crippen molar-refractivity contribution < 1.29 is 9.53 Å². The first-order valence-corrected chi connectivity index (χ1v) is 10.1. The number of thioether (sulfide) groups is 1. The second-order valence-electron chi connectivity index (χ2n) is 6.16. The minimum atomic E-state index is 0.0564. The largest absolute Gasteiger partial charge is 0.497 e. The van der Waals surface area contributed by atoms with Gasteiger partial charge in [0.25, 0.3) is 0 Å². The van der Waals surface area contributed by atoms with Crippen molar-refractivity contribution in [2.75, 3.05) is 24.3 Å². The molecule has 0 spiro atoms. The number of amides is 1. The van der Waals surface area contributed by atoms with E-state index >= 15 is 0 Å². The maximum atomic E-state index is 12.7. The number of anilines is 1. The van der Waals surface area contributed by atoms with Crippen molar-refractivity contribution >= 4 is 23.4 Å². The lowest BCUT2D eigenvalue weighted by Crippen LogP contribution is -2.32. The highest BCUT2D eigenvalue weighted by Gasteiger charge is 2.15. The summed E-state index contributed by atoms with van der Waals surface area (Å²) in [6.45, 7) is 4.54. The third-order valence-corrected chi connectivity index (χ3v) is 5.10. The monoisotopic (exact) mass is 393 g/mol. The fraction of sp³-hybridized carbons (Fsp3) is 0.227. The van der Waals surface area contributed by atoms with Gasteiger partial charge >= 0.3 is 0 Å². The summed E-state index contributed by atoms with van der Waals surface area (Å²) in [5.74, 6) is 1.81. The summed E-state index contributed by atoms with van der Waals surface area (Å²) < 4.78 is 5.20. The summed E-state index contributed by atoms with van der Waals surface area (Å²) in [7, 11) is 1.64. The van der Waals surface area contributed by atoms with E-state index in [4.69, 9.17) is 4.74 Å². The SMILES string of the molecule is CCN(C(=O)CSc1cc(C)nc(-c2ccc(OC)cc2)n1)c1ccccc1. The summed E-state index contributed by atoms with van der Waals surface area (Å²) in [5.41, 5.74) is 2.69. The standard InChI is InChI=1S/C22H23N3O2S/c1-4-25(18-8-6-5-7-9-18)21(26)15-28-20-14-16(2)23-22(24-20)17-10-12-19(27-3)13-11-17/h5-14H,4,15H2,1-3H3. The number of para-hydroxylation sites is 1. The Bertz CT molecular complexity index is 930. The number of hydrogen-bond donors (Lipinski definition) is 0. The van der Waals surface area contributed by atoms with Crippen LogP contribution in [0.4, 0.5) is 5.69 Å². The van der Waals surface area contributed by atoms with Crippen LogP contribution in [0.3, 0.4) is 0 Å². The van der Waals surface area contributed by atoms with Crippen molar-refractivity contribution in [3.05, 3.63) is 66.4 Å². The number of methoxy groups -OCH3 is 1. The number of hydrogen-bond acceptors (Lipinski definition) is 5. The van der Waals surface area contributed by atoms with Gasteiger partial charge in [-0.2, -0.15) is 0 Å². The van der Waals surface area contributed by atoms with Crippen molar-refractivity contribution in [1.82, 2.24) is 9.97 Å². The lowest BCUT2D eigenvalue weighted by atomic mass is 10.2. The van der Waals surface area contributed by atoms with Gasteiger partial charge < -0.3 is 9.64 Å². The summed E-state index contributed by atoms with van der Waals surface area (Å²) in [6, 6.07) is 19.3. The van der Waals surface area contributed by atoms with Crippen molar-refractivity contribution in [2.24, 2.45) is 0 Å². The van der Waals surface area contributed by atoms with Gasteiger partial charge in [0.05, 0.1) is 12.9 Å². The van der Waals surface area contributed by atoms with Crippen LogP contribution in [0.1, 0.15) is 12.6 Å². The molecule has 0 N–H and O–H groups in total. The Morgan fingerprint density at radius 1 is 1.07 bits per heavy atom. The number of aromatic nitrogens is 2. The molecule has 28 heavy (non-hydrogen) atoms. The molecule has 0 atom stereocenters. The molecule has 0 radical (unpaired) electrons. The maximum Gasteiger partial charge on any atom is 0.237 e. The zero-order chi connectivity index (χ0) is 19.9. The first-order chi connectivity index (χ1) is 13.6. The highest BCUT2D eigenvalue weighted by molar-refractivity contribution is 7.99. The molecule has 0 aliphatic rings. The maximum absolute atomic E-state index is 12.7. The van der Waals surface area contributed by atoms with E-state index in [2.05, 4.69) is 9.97 Å². The van der Waals surface area contributed by atoms with Gasteiger partial charge in [0.15, 0.2) is 5.82 Å². The molecule has 6 heteroatoms. The van der Waals surface area contributed by atoms with Gasteiger partial charge in [-0.25, -0.2) is 9.97 Å². The Kier molecular flexibility index (Phi) is 6.66. The summed E-state index contributed by atoms with van der Waals surface area (Å²) in [4.78, 5) is 23.6. The Hall–Kier alpha value is -2.86. The average Bonchev–Trinajstić information content (AvgIpc) is 2.73. The number of aryl methyl sites for hydroxylation is 1. The molecule has 144 valence electrons. The Morgan fingerprint density at radius 3 is 2.43 bits per heavy atom. The molecule has 3 rings (SSSR count). The van der Waals surface area contributed by atoms with E-state index in [0.29, 0.717) is 18.1 Å². The zero-order valence-electron chi connectivity index (χ0n) is 16.3. The van der Waals surface area contributed by atoms with Crippen molar-refractivity contribution in [3.8, 4) is 17.1 Å². The smallest absolute Gasteiger partial charge is 0.237 e. The third-order valence-electron chi connectivity index (χ3n) is 4.21. The molecule has 3 aromatic rings. The van der Waals surface area contributed by atoms with Crippen molar-refractivity contribution in [1.29, 1.82) is 0 Å². The summed E-state index contributed by atoms with van der Waals surface area (Å²) in [5, 5.41) is 0.788. The Morgan fingerprint density at radius 2 is 1.79 bits per heavy atom. The van der Waals surface area contributed by atoms with Crippen molar-refractivity contribution in [3.63, 3.8) is 0 Å². The van der Waals surface area contributed by atoms with Gasteiger partial charge in [-0.1, -0.05) is 30.0 Å². The van der Waals surface area contributed by atoms with E-state index in [1.54, 1.807) is 12.0 Å². The number of ether oxygens (including phenoxy) is 1. The molecule has 1 amide bonds. The highest BCUT2D eigenvalue weighted by atomic mass is 32.2. The predicted molar refractivity (Wildman–Crippen MR) is 114 cm³/mol. The molecule has 1 aromatic heterocycles. The van der Waals surface area contributed by atoms with Crippen LogP contribution >= 0.6 is 11.8 Å². The number of benzene rings is 2. The Labute approximate surface area is 169 Å². The normalized spacial score (nSPS) is 10.5. The molecule has 0 unspecified atom stereocenters. The lowest BCUT2D eigenvalue weighted by Gasteiger charge is -2.20. The van der Waals surface area contributed by atoms with Crippen LogP contribution in [-0.4, -0.2) is 35.3 Å². The van der Waals surface area contributed by atoms with Crippen LogP contribution in [0.2, 0.25) is 0 Å². The van der Waals surface area contributed by atoms with Crippen LogP contribution in [0.5, 0.6) is 5.75 Å². The lowest BCUT2D eigenvalue weighted by molar-refractivity contribution is -0.116. The van der Waals surface area contributed by atoms with E-state index in [1.165, 1.54) is 11.8 Å². The molecule has 0 aliphatic heterocycles. The molecule has 1 heterocycles. The fourth-order valence-corrected chi connectivity index (χ4v) is 3.64. The summed E-state index contributed by atoms with van der Waals surface area (Å²) in [6.07, 6.45) is 0. The van der Waals surface area contributed by atoms with Crippen LogP contribution in [-0.2, 0) is 4.79 Å². The second-order valence-corrected chi connectivity index (χ2v) is 7.16. The minimum Gasteiger partial charge on any atom is -0.497 e. The highest BCUT2D eigenvalue weighted by Crippen LogP contribution is 2.24. The molecule has 2 aromatic carbocycles. The van der Waals surface area contributed by atoms with E-state index in [-0.39, 0.29) is 5.91 Å². The number of carbonyl (C=O) groups excluding carboxylic acids is 1. The van der Waals surface area contributed by atoms with Crippen LogP contribution < -0.4 is 9.64 Å². The van der Waals surface area contributed by atoms with Crippen LogP contribution in [0.25, 0.3) is 11.4 Å². The van der Waals surface area contributed by atoms with Gasteiger partial charge in [0.1, 0.15) is 10.8 Å². The molecule has 0 saturated carbocycles. The number of nitrogens with zero attached hydrogens (tertiary/aromatic N) is 3. The van der Waals surface area contributed by atoms with E-state index in [1.807, 2.05) is 74.5 Å². The van der Waals surface area contributed by atoms with Gasteiger partial charge in [0, 0.05) is 23.5 Å². The fourth-order valence-electron chi connectivity index (χ4n) is 2.81. The Balaban J connectivity index is 1.73. The van der Waals surface area contributed by atoms with Gasteiger partial charge in [0.2, 0.25) is 5.91 Å². The quantitative estimate of drug-likeness (QED) is 0.433. The first kappa shape index (κ1) is 19.9. The molecule has 0 saturated heterocycles. The van der Waals surface area contributed by atoms with E-state index in [9.17, 15) is 4.79 Å². The van der Waals surface area contributed by atoms with Gasteiger partial charge in [-0.05, 0) is 56.3 Å². The van der Waals surface area contributed by atoms with E-state index < -0.39 is 0 Å². The van der Waals surface area contributed by atoms with Gasteiger partial charge in [-0.15, -0.1) is 0 Å². The first-order valence-electron chi connectivity index (χ1n) is 9.09. The molecule has 0 bridgehead atoms. The zero-order valence-corrected chi connectivity index (χ0v) is 17.1. The predicted octanol–water partition coefficient (Wildman–Crippen LogP) is 4.61. The molecular weight excluding hydrogens is 370 g/mol. The molecule has 5 nitrogen and oxygen atoms in total. The van der Waals surface area contributed by atoms with E-state index in [0.717, 1.165) is 27.7 Å². The number of rotatable bonds is 7. The summed E-state index contributed by atoms with van der Waals surface area (Å²) >= 11 is 1.43. The minimum absolute atomic E-state index is 0.0564. The number of carbonyl (C=O) groups is 1. The average molecular weight is 394 g/mol. The molecular formula is C22H23N3O2S. The molecule has 0 aliphatic carbocycles. The van der Waals surface area contributed by atoms with Crippen LogP contribution in [0, 0.1) is 6.92 Å². The van der Waals surface area contributed by atoms with Gasteiger partial charge in [-0.3, -0.25) is 4.79 Å². The second kappa shape index (κ2) is 9.37. The van der Waals surface area contributed by atoms with Crippen molar-refractivity contribution in [2.45, 2.75) is 18.9 Å².